The predicted octanol–water partition coefficient (Wildman–Crippen LogP) is 3.61. The molecule has 0 aliphatic heterocycles. The lowest BCUT2D eigenvalue weighted by Gasteiger charge is -2.36. The van der Waals surface area contributed by atoms with Crippen molar-refractivity contribution in [2.75, 3.05) is 0 Å². The Hall–Kier alpha value is -0.480. The number of carbonyl (C=O) groups is 1. The highest BCUT2D eigenvalue weighted by molar-refractivity contribution is 6.21. The number of nitrogens with one attached hydrogen (secondary N) is 1. The van der Waals surface area contributed by atoms with Crippen LogP contribution in [0, 0.1) is 11.3 Å². The van der Waals surface area contributed by atoms with E-state index in [-0.39, 0.29) is 5.41 Å². The summed E-state index contributed by atoms with van der Waals surface area (Å²) in [5.41, 5.74) is -0.272. The summed E-state index contributed by atoms with van der Waals surface area (Å²) in [6.45, 7) is 5.85. The summed E-state index contributed by atoms with van der Waals surface area (Å²) < 4.78 is 0. The van der Waals surface area contributed by atoms with Crippen LogP contribution in [0.2, 0.25) is 0 Å². The number of rotatable bonds is 5. The molecule has 0 saturated heterocycles. The third-order valence-electron chi connectivity index (χ3n) is 4.16. The van der Waals surface area contributed by atoms with Crippen molar-refractivity contribution >= 4 is 17.7 Å². The SMILES string of the molecule is CC(C)(C)C(Cl)[C@H](O)[C@H](CC1CCCCC1)NC(=O)O. The minimum Gasteiger partial charge on any atom is -0.465 e. The molecule has 1 aliphatic carbocycles. The fourth-order valence-corrected chi connectivity index (χ4v) is 3.12. The second-order valence-corrected chi connectivity index (χ2v) is 7.52. The molecule has 1 unspecified atom stereocenters. The van der Waals surface area contributed by atoms with Crippen LogP contribution >= 0.6 is 11.6 Å². The first kappa shape index (κ1) is 17.6. The summed E-state index contributed by atoms with van der Waals surface area (Å²) in [4.78, 5) is 11.0. The molecule has 1 saturated carbocycles. The van der Waals surface area contributed by atoms with Crippen LogP contribution in [-0.4, -0.2) is 33.8 Å². The molecule has 0 aromatic rings. The van der Waals surface area contributed by atoms with Crippen LogP contribution < -0.4 is 5.32 Å². The van der Waals surface area contributed by atoms with Gasteiger partial charge in [0.2, 0.25) is 0 Å². The highest BCUT2D eigenvalue weighted by atomic mass is 35.5. The average molecular weight is 306 g/mol. The van der Waals surface area contributed by atoms with Gasteiger partial charge in [0.1, 0.15) is 0 Å². The maximum atomic E-state index is 11.0. The number of halogens is 1. The first-order valence-electron chi connectivity index (χ1n) is 7.53. The molecule has 1 fully saturated rings. The summed E-state index contributed by atoms with van der Waals surface area (Å²) in [6.07, 6.45) is 4.61. The number of amides is 1. The Morgan fingerprint density at radius 3 is 2.30 bits per heavy atom. The van der Waals surface area contributed by atoms with E-state index < -0.39 is 23.6 Å². The molecule has 0 aromatic carbocycles. The first-order chi connectivity index (χ1) is 9.21. The Bertz CT molecular complexity index is 311. The van der Waals surface area contributed by atoms with E-state index in [1.807, 2.05) is 20.8 Å². The van der Waals surface area contributed by atoms with Gasteiger partial charge in [-0.05, 0) is 17.8 Å². The number of aliphatic hydroxyl groups excluding tert-OH is 1. The molecule has 0 heterocycles. The molecule has 3 atom stereocenters. The lowest BCUT2D eigenvalue weighted by Crippen LogP contribution is -2.50. The third kappa shape index (κ3) is 5.49. The molecule has 5 heteroatoms. The molecular weight excluding hydrogens is 278 g/mol. The van der Waals surface area contributed by atoms with Crippen molar-refractivity contribution in [3.05, 3.63) is 0 Å². The molecule has 0 bridgehead atoms. The third-order valence-corrected chi connectivity index (χ3v) is 5.07. The quantitative estimate of drug-likeness (QED) is 0.680. The summed E-state index contributed by atoms with van der Waals surface area (Å²) in [6, 6.07) is -0.489. The normalized spacial score (nSPS) is 22.1. The van der Waals surface area contributed by atoms with Crippen molar-refractivity contribution in [3.8, 4) is 0 Å². The second kappa shape index (κ2) is 7.51. The maximum absolute atomic E-state index is 11.0. The van der Waals surface area contributed by atoms with Gasteiger partial charge in [-0.15, -0.1) is 11.6 Å². The van der Waals surface area contributed by atoms with Crippen molar-refractivity contribution in [3.63, 3.8) is 0 Å². The van der Waals surface area contributed by atoms with Gasteiger partial charge < -0.3 is 15.5 Å². The number of aliphatic hydroxyl groups is 1. The molecule has 0 radical (unpaired) electrons. The van der Waals surface area contributed by atoms with Gasteiger partial charge in [0, 0.05) is 0 Å². The first-order valence-corrected chi connectivity index (χ1v) is 7.97. The molecule has 1 aliphatic rings. The van der Waals surface area contributed by atoms with Gasteiger partial charge in [0.05, 0.1) is 17.5 Å². The molecule has 1 rings (SSSR count). The van der Waals surface area contributed by atoms with Crippen molar-refractivity contribution in [1.29, 1.82) is 0 Å². The van der Waals surface area contributed by atoms with Gasteiger partial charge in [-0.1, -0.05) is 52.9 Å². The number of hydrogen-bond donors (Lipinski definition) is 3. The molecule has 20 heavy (non-hydrogen) atoms. The Morgan fingerprint density at radius 1 is 1.30 bits per heavy atom. The maximum Gasteiger partial charge on any atom is 0.404 e. The summed E-state index contributed by atoms with van der Waals surface area (Å²) >= 11 is 6.32. The molecular formula is C15H28ClNO3. The zero-order chi connectivity index (χ0) is 15.3. The van der Waals surface area contributed by atoms with Gasteiger partial charge in [-0.25, -0.2) is 4.79 Å². The number of alkyl halides is 1. The Balaban J connectivity index is 2.69. The van der Waals surface area contributed by atoms with E-state index in [4.69, 9.17) is 16.7 Å². The largest absolute Gasteiger partial charge is 0.465 e. The monoisotopic (exact) mass is 305 g/mol. The van der Waals surface area contributed by atoms with Crippen molar-refractivity contribution < 1.29 is 15.0 Å². The zero-order valence-electron chi connectivity index (χ0n) is 12.7. The Labute approximate surface area is 126 Å². The highest BCUT2D eigenvalue weighted by Crippen LogP contribution is 2.32. The minimum absolute atomic E-state index is 0.272. The van der Waals surface area contributed by atoms with E-state index in [0.717, 1.165) is 12.8 Å². The summed E-state index contributed by atoms with van der Waals surface area (Å²) in [5, 5.41) is 21.4. The van der Waals surface area contributed by atoms with Crippen LogP contribution in [0.25, 0.3) is 0 Å². The minimum atomic E-state index is -1.09. The van der Waals surface area contributed by atoms with Gasteiger partial charge in [-0.2, -0.15) is 0 Å². The van der Waals surface area contributed by atoms with Crippen LogP contribution in [0.15, 0.2) is 0 Å². The molecule has 118 valence electrons. The van der Waals surface area contributed by atoms with Gasteiger partial charge in [-0.3, -0.25) is 0 Å². The topological polar surface area (TPSA) is 69.6 Å². The molecule has 0 aromatic heterocycles. The fourth-order valence-electron chi connectivity index (χ4n) is 2.94. The van der Waals surface area contributed by atoms with Crippen LogP contribution in [0.5, 0.6) is 0 Å². The molecule has 1 amide bonds. The Kier molecular flexibility index (Phi) is 6.59. The number of carboxylic acid groups (broad SMARTS) is 1. The van der Waals surface area contributed by atoms with Crippen molar-refractivity contribution in [1.82, 2.24) is 5.32 Å². The Morgan fingerprint density at radius 2 is 1.85 bits per heavy atom. The van der Waals surface area contributed by atoms with E-state index in [0.29, 0.717) is 12.3 Å². The van der Waals surface area contributed by atoms with Crippen LogP contribution in [0.4, 0.5) is 4.79 Å². The van der Waals surface area contributed by atoms with Gasteiger partial charge in [0.15, 0.2) is 0 Å². The van der Waals surface area contributed by atoms with Gasteiger partial charge in [0.25, 0.3) is 0 Å². The molecule has 3 N–H and O–H groups in total. The lowest BCUT2D eigenvalue weighted by molar-refractivity contribution is 0.0732. The highest BCUT2D eigenvalue weighted by Gasteiger charge is 2.36. The lowest BCUT2D eigenvalue weighted by atomic mass is 9.80. The fraction of sp³-hybridized carbons (Fsp3) is 0.933. The smallest absolute Gasteiger partial charge is 0.404 e. The van der Waals surface area contributed by atoms with Crippen molar-refractivity contribution in [2.24, 2.45) is 11.3 Å². The second-order valence-electron chi connectivity index (χ2n) is 7.05. The van der Waals surface area contributed by atoms with E-state index in [9.17, 15) is 9.90 Å². The molecule has 0 spiro atoms. The zero-order valence-corrected chi connectivity index (χ0v) is 13.5. The van der Waals surface area contributed by atoms with E-state index in [1.54, 1.807) is 0 Å². The van der Waals surface area contributed by atoms with E-state index in [2.05, 4.69) is 5.32 Å². The van der Waals surface area contributed by atoms with Crippen LogP contribution in [0.3, 0.4) is 0 Å². The van der Waals surface area contributed by atoms with Crippen molar-refractivity contribution in [2.45, 2.75) is 76.8 Å². The van der Waals surface area contributed by atoms with Crippen LogP contribution in [0.1, 0.15) is 59.3 Å². The van der Waals surface area contributed by atoms with E-state index >= 15 is 0 Å². The number of hydrogen-bond acceptors (Lipinski definition) is 2. The standard InChI is InChI=1S/C15H28ClNO3/c1-15(2,3)13(16)12(18)11(17-14(19)20)9-10-7-5-4-6-8-10/h10-13,17-18H,4-9H2,1-3H3,(H,19,20)/t11-,12+,13?/m0/s1. The predicted molar refractivity (Wildman–Crippen MR) is 81.2 cm³/mol. The average Bonchev–Trinajstić information content (AvgIpc) is 2.36. The van der Waals surface area contributed by atoms with Gasteiger partial charge >= 0.3 is 6.09 Å². The molecule has 4 nitrogen and oxygen atoms in total. The van der Waals surface area contributed by atoms with Crippen LogP contribution in [-0.2, 0) is 0 Å². The summed E-state index contributed by atoms with van der Waals surface area (Å²) in [7, 11) is 0. The summed E-state index contributed by atoms with van der Waals surface area (Å²) in [5.74, 6) is 0.485. The van der Waals surface area contributed by atoms with E-state index in [1.165, 1.54) is 19.3 Å².